The highest BCUT2D eigenvalue weighted by atomic mass is 19.4. The molecule has 0 spiro atoms. The number of rotatable bonds is 2. The third kappa shape index (κ3) is 2.43. The summed E-state index contributed by atoms with van der Waals surface area (Å²) in [5, 5.41) is 9.14. The number of halogens is 3. The zero-order valence-electron chi connectivity index (χ0n) is 10.7. The van der Waals surface area contributed by atoms with Gasteiger partial charge in [0.05, 0.1) is 22.7 Å². The maximum absolute atomic E-state index is 13.0. The van der Waals surface area contributed by atoms with E-state index in [0.717, 1.165) is 6.07 Å². The Morgan fingerprint density at radius 3 is 2.50 bits per heavy atom. The second kappa shape index (κ2) is 4.73. The first-order valence-corrected chi connectivity index (χ1v) is 5.79. The maximum atomic E-state index is 13.0. The lowest BCUT2D eigenvalue weighted by molar-refractivity contribution is -0.138. The SMILES string of the molecule is Cc1nc(C(C)C(=O)O)c2cccc(C(F)(F)F)c2n1. The van der Waals surface area contributed by atoms with Gasteiger partial charge in [-0.15, -0.1) is 0 Å². The average Bonchev–Trinajstić information content (AvgIpc) is 2.34. The lowest BCUT2D eigenvalue weighted by atomic mass is 10.0. The summed E-state index contributed by atoms with van der Waals surface area (Å²) < 4.78 is 38.9. The Balaban J connectivity index is 2.83. The quantitative estimate of drug-likeness (QED) is 0.920. The molecule has 0 radical (unpaired) electrons. The van der Waals surface area contributed by atoms with Crippen LogP contribution in [-0.4, -0.2) is 21.0 Å². The molecule has 1 atom stereocenters. The number of carboxylic acid groups (broad SMARTS) is 1. The Morgan fingerprint density at radius 2 is 1.95 bits per heavy atom. The van der Waals surface area contributed by atoms with Crippen molar-refractivity contribution in [2.75, 3.05) is 0 Å². The molecule has 0 fully saturated rings. The monoisotopic (exact) mass is 284 g/mol. The molecule has 7 heteroatoms. The van der Waals surface area contributed by atoms with Gasteiger partial charge in [-0.2, -0.15) is 13.2 Å². The van der Waals surface area contributed by atoms with E-state index in [4.69, 9.17) is 5.11 Å². The van der Waals surface area contributed by atoms with Crippen molar-refractivity contribution >= 4 is 16.9 Å². The van der Waals surface area contributed by atoms with Gasteiger partial charge in [0.2, 0.25) is 0 Å². The number of alkyl halides is 3. The van der Waals surface area contributed by atoms with Crippen LogP contribution < -0.4 is 0 Å². The van der Waals surface area contributed by atoms with Crippen molar-refractivity contribution in [2.24, 2.45) is 0 Å². The Bertz CT molecular complexity index is 683. The third-order valence-corrected chi connectivity index (χ3v) is 2.95. The molecule has 20 heavy (non-hydrogen) atoms. The van der Waals surface area contributed by atoms with Gasteiger partial charge in [0.25, 0.3) is 0 Å². The van der Waals surface area contributed by atoms with Gasteiger partial charge < -0.3 is 5.11 Å². The molecule has 2 aromatic rings. The number of para-hydroxylation sites is 1. The third-order valence-electron chi connectivity index (χ3n) is 2.95. The van der Waals surface area contributed by atoms with E-state index in [1.165, 1.54) is 26.0 Å². The Kier molecular flexibility index (Phi) is 3.37. The molecule has 1 unspecified atom stereocenters. The van der Waals surface area contributed by atoms with Crippen molar-refractivity contribution in [3.05, 3.63) is 35.3 Å². The predicted octanol–water partition coefficient (Wildman–Crippen LogP) is 3.15. The van der Waals surface area contributed by atoms with E-state index in [1.807, 2.05) is 0 Å². The van der Waals surface area contributed by atoms with E-state index >= 15 is 0 Å². The van der Waals surface area contributed by atoms with Crippen LogP contribution in [0.4, 0.5) is 13.2 Å². The molecule has 4 nitrogen and oxygen atoms in total. The number of aromatic nitrogens is 2. The van der Waals surface area contributed by atoms with Crippen molar-refractivity contribution in [3.63, 3.8) is 0 Å². The molecule has 0 aliphatic heterocycles. The van der Waals surface area contributed by atoms with Crippen LogP contribution in [0.3, 0.4) is 0 Å². The van der Waals surface area contributed by atoms with Crippen LogP contribution in [-0.2, 0) is 11.0 Å². The minimum absolute atomic E-state index is 0.0890. The van der Waals surface area contributed by atoms with Crippen LogP contribution in [0.15, 0.2) is 18.2 Å². The standard InChI is InChI=1S/C13H11F3N2O2/c1-6(12(19)20)10-8-4-3-5-9(13(14,15)16)11(8)18-7(2)17-10/h3-6H,1-2H3,(H,19,20). The van der Waals surface area contributed by atoms with E-state index in [-0.39, 0.29) is 22.4 Å². The first kappa shape index (κ1) is 14.2. The van der Waals surface area contributed by atoms with Crippen molar-refractivity contribution < 1.29 is 23.1 Å². The van der Waals surface area contributed by atoms with Gasteiger partial charge in [-0.3, -0.25) is 4.79 Å². The summed E-state index contributed by atoms with van der Waals surface area (Å²) in [5.74, 6) is -2.05. The summed E-state index contributed by atoms with van der Waals surface area (Å²) in [4.78, 5) is 18.9. The van der Waals surface area contributed by atoms with Gasteiger partial charge in [-0.25, -0.2) is 9.97 Å². The van der Waals surface area contributed by atoms with Gasteiger partial charge >= 0.3 is 12.1 Å². The molecule has 1 aromatic heterocycles. The number of hydrogen-bond acceptors (Lipinski definition) is 3. The molecule has 1 aromatic carbocycles. The van der Waals surface area contributed by atoms with E-state index in [1.54, 1.807) is 0 Å². The summed E-state index contributed by atoms with van der Waals surface area (Å²) in [5.41, 5.74) is -1.07. The molecule has 0 aliphatic carbocycles. The summed E-state index contributed by atoms with van der Waals surface area (Å²) in [6.07, 6.45) is -4.55. The molecule has 0 saturated carbocycles. The summed E-state index contributed by atoms with van der Waals surface area (Å²) in [6.45, 7) is 2.81. The molecular weight excluding hydrogens is 273 g/mol. The Hall–Kier alpha value is -2.18. The van der Waals surface area contributed by atoms with E-state index in [0.29, 0.717) is 0 Å². The van der Waals surface area contributed by atoms with E-state index < -0.39 is 23.6 Å². The molecule has 0 bridgehead atoms. The number of aryl methyl sites for hydroxylation is 1. The Labute approximate surface area is 112 Å². The Morgan fingerprint density at radius 1 is 1.30 bits per heavy atom. The highest BCUT2D eigenvalue weighted by Crippen LogP contribution is 2.35. The molecule has 0 amide bonds. The first-order valence-electron chi connectivity index (χ1n) is 5.79. The topological polar surface area (TPSA) is 63.1 Å². The minimum atomic E-state index is -4.55. The van der Waals surface area contributed by atoms with Gasteiger partial charge in [0.1, 0.15) is 5.82 Å². The van der Waals surface area contributed by atoms with Gasteiger partial charge in [-0.1, -0.05) is 12.1 Å². The molecule has 2 rings (SSSR count). The highest BCUT2D eigenvalue weighted by Gasteiger charge is 2.34. The fourth-order valence-corrected chi connectivity index (χ4v) is 1.97. The van der Waals surface area contributed by atoms with Crippen LogP contribution >= 0.6 is 0 Å². The molecule has 106 valence electrons. The largest absolute Gasteiger partial charge is 0.481 e. The molecule has 1 N–H and O–H groups in total. The smallest absolute Gasteiger partial charge is 0.418 e. The summed E-state index contributed by atoms with van der Waals surface area (Å²) >= 11 is 0. The number of carboxylic acids is 1. The molecule has 0 saturated heterocycles. The zero-order chi connectivity index (χ0) is 15.1. The number of hydrogen-bond donors (Lipinski definition) is 1. The lowest BCUT2D eigenvalue weighted by Gasteiger charge is -2.14. The normalized spacial score (nSPS) is 13.4. The lowest BCUT2D eigenvalue weighted by Crippen LogP contribution is -2.13. The minimum Gasteiger partial charge on any atom is -0.481 e. The molecule has 1 heterocycles. The van der Waals surface area contributed by atoms with Gasteiger partial charge in [0, 0.05) is 5.39 Å². The van der Waals surface area contributed by atoms with Gasteiger partial charge in [0.15, 0.2) is 0 Å². The fourth-order valence-electron chi connectivity index (χ4n) is 1.97. The van der Waals surface area contributed by atoms with Crippen molar-refractivity contribution in [2.45, 2.75) is 25.9 Å². The van der Waals surface area contributed by atoms with Gasteiger partial charge in [-0.05, 0) is 19.9 Å². The van der Waals surface area contributed by atoms with Crippen molar-refractivity contribution in [1.29, 1.82) is 0 Å². The summed E-state index contributed by atoms with van der Waals surface area (Å²) in [7, 11) is 0. The van der Waals surface area contributed by atoms with Crippen molar-refractivity contribution in [3.8, 4) is 0 Å². The fraction of sp³-hybridized carbons (Fsp3) is 0.308. The number of nitrogens with zero attached hydrogens (tertiary/aromatic N) is 2. The van der Waals surface area contributed by atoms with Crippen LogP contribution in [0.2, 0.25) is 0 Å². The summed E-state index contributed by atoms with van der Waals surface area (Å²) in [6, 6.07) is 3.55. The van der Waals surface area contributed by atoms with E-state index in [2.05, 4.69) is 9.97 Å². The zero-order valence-corrected chi connectivity index (χ0v) is 10.7. The van der Waals surface area contributed by atoms with Crippen LogP contribution in [0.5, 0.6) is 0 Å². The number of aliphatic carboxylic acids is 1. The van der Waals surface area contributed by atoms with Crippen LogP contribution in [0.1, 0.15) is 29.9 Å². The second-order valence-electron chi connectivity index (χ2n) is 4.42. The van der Waals surface area contributed by atoms with Crippen molar-refractivity contribution in [1.82, 2.24) is 9.97 Å². The maximum Gasteiger partial charge on any atom is 0.418 e. The average molecular weight is 284 g/mol. The van der Waals surface area contributed by atoms with Crippen LogP contribution in [0, 0.1) is 6.92 Å². The molecule has 0 aliphatic rings. The molecular formula is C13H11F3N2O2. The predicted molar refractivity (Wildman–Crippen MR) is 65.3 cm³/mol. The first-order chi connectivity index (χ1) is 9.21. The number of fused-ring (bicyclic) bond motifs is 1. The second-order valence-corrected chi connectivity index (χ2v) is 4.42. The highest BCUT2D eigenvalue weighted by molar-refractivity contribution is 5.89. The van der Waals surface area contributed by atoms with E-state index in [9.17, 15) is 18.0 Å². The number of benzene rings is 1. The number of carbonyl (C=O) groups is 1. The van der Waals surface area contributed by atoms with Crippen LogP contribution in [0.25, 0.3) is 10.9 Å².